The molecule has 7 nitrogen and oxygen atoms in total. The van der Waals surface area contributed by atoms with Crippen LogP contribution < -0.4 is 15.4 Å². The highest BCUT2D eigenvalue weighted by Crippen LogP contribution is 2.46. The molecular weight excluding hydrogens is 481 g/mol. The van der Waals surface area contributed by atoms with Crippen molar-refractivity contribution in [1.82, 2.24) is 15.0 Å². The summed E-state index contributed by atoms with van der Waals surface area (Å²) >= 11 is 20.3. The Labute approximate surface area is 196 Å². The van der Waals surface area contributed by atoms with Crippen LogP contribution in [0.4, 0.5) is 17.3 Å². The number of carbonyl (C=O) groups excluding carboxylic acids is 1. The van der Waals surface area contributed by atoms with Crippen molar-refractivity contribution < 1.29 is 9.53 Å². The maximum absolute atomic E-state index is 13.1. The highest BCUT2D eigenvalue weighted by atomic mass is 35.5. The Morgan fingerprint density at radius 3 is 2.61 bits per heavy atom. The second kappa shape index (κ2) is 8.84. The standard InChI is InChI=1S/C20H14Cl3N5O2S/c1-9-12(21)16(14(23)17(30-2)13(9)22)28-20(29)10-7-31-18-15(10)25-8-26-19(18)27-11-5-3-4-6-24-11/h3-8H,1-2H3,(H,28,29)(H,24,25,26,27). The number of fused-ring (bicyclic) bond motifs is 1. The predicted octanol–water partition coefficient (Wildman–Crippen LogP) is 6.36. The van der Waals surface area contributed by atoms with Crippen molar-refractivity contribution >= 4 is 79.6 Å². The highest BCUT2D eigenvalue weighted by molar-refractivity contribution is 7.18. The lowest BCUT2D eigenvalue weighted by molar-refractivity contribution is 0.102. The average Bonchev–Trinajstić information content (AvgIpc) is 3.22. The first-order valence-electron chi connectivity index (χ1n) is 8.85. The van der Waals surface area contributed by atoms with Crippen molar-refractivity contribution in [3.8, 4) is 5.75 Å². The van der Waals surface area contributed by atoms with E-state index in [9.17, 15) is 4.79 Å². The monoisotopic (exact) mass is 493 g/mol. The molecule has 0 saturated heterocycles. The number of benzene rings is 1. The zero-order chi connectivity index (χ0) is 22.1. The van der Waals surface area contributed by atoms with Crippen molar-refractivity contribution in [1.29, 1.82) is 0 Å². The molecule has 0 unspecified atom stereocenters. The third-order valence-electron chi connectivity index (χ3n) is 4.45. The van der Waals surface area contributed by atoms with E-state index in [1.54, 1.807) is 18.5 Å². The highest BCUT2D eigenvalue weighted by Gasteiger charge is 2.23. The summed E-state index contributed by atoms with van der Waals surface area (Å²) in [6.45, 7) is 1.71. The number of rotatable bonds is 5. The molecule has 3 heterocycles. The number of nitrogens with zero attached hydrogens (tertiary/aromatic N) is 3. The predicted molar refractivity (Wildman–Crippen MR) is 126 cm³/mol. The average molecular weight is 495 g/mol. The first kappa shape index (κ1) is 21.6. The molecule has 1 aromatic carbocycles. The lowest BCUT2D eigenvalue weighted by Crippen LogP contribution is -2.13. The number of carbonyl (C=O) groups is 1. The van der Waals surface area contributed by atoms with Gasteiger partial charge in [-0.25, -0.2) is 15.0 Å². The van der Waals surface area contributed by atoms with E-state index in [0.29, 0.717) is 33.0 Å². The van der Waals surface area contributed by atoms with E-state index < -0.39 is 5.91 Å². The number of methoxy groups -OCH3 is 1. The van der Waals surface area contributed by atoms with Crippen LogP contribution in [0.25, 0.3) is 10.2 Å². The van der Waals surface area contributed by atoms with Crippen LogP contribution in [0.2, 0.25) is 15.1 Å². The number of anilines is 3. The Balaban J connectivity index is 1.70. The van der Waals surface area contributed by atoms with E-state index in [0.717, 1.165) is 0 Å². The minimum Gasteiger partial charge on any atom is -0.494 e. The Morgan fingerprint density at radius 1 is 1.10 bits per heavy atom. The largest absolute Gasteiger partial charge is 0.494 e. The fourth-order valence-corrected chi connectivity index (χ4v) is 4.79. The van der Waals surface area contributed by atoms with Crippen LogP contribution in [0.15, 0.2) is 36.1 Å². The number of pyridine rings is 1. The van der Waals surface area contributed by atoms with Gasteiger partial charge in [-0.15, -0.1) is 11.3 Å². The summed E-state index contributed by atoms with van der Waals surface area (Å²) in [6.07, 6.45) is 3.05. The van der Waals surface area contributed by atoms with E-state index in [1.807, 2.05) is 18.2 Å². The zero-order valence-electron chi connectivity index (χ0n) is 16.2. The third-order valence-corrected chi connectivity index (χ3v) is 6.71. The molecule has 1 amide bonds. The molecule has 31 heavy (non-hydrogen) atoms. The van der Waals surface area contributed by atoms with Gasteiger partial charge in [-0.2, -0.15) is 0 Å². The number of hydrogen-bond acceptors (Lipinski definition) is 7. The first-order chi connectivity index (χ1) is 14.9. The number of amides is 1. The van der Waals surface area contributed by atoms with E-state index >= 15 is 0 Å². The van der Waals surface area contributed by atoms with E-state index in [-0.39, 0.29) is 26.5 Å². The van der Waals surface area contributed by atoms with Crippen LogP contribution >= 0.6 is 46.1 Å². The SMILES string of the molecule is COc1c(Cl)c(C)c(Cl)c(NC(=O)c2csc3c(Nc4ccccn4)ncnc23)c1Cl. The number of ether oxygens (including phenoxy) is 1. The summed E-state index contributed by atoms with van der Waals surface area (Å²) in [5.41, 5.74) is 1.59. The van der Waals surface area contributed by atoms with Crippen molar-refractivity contribution in [3.05, 3.63) is 62.3 Å². The molecule has 0 aliphatic rings. The van der Waals surface area contributed by atoms with Crippen molar-refractivity contribution in [2.75, 3.05) is 17.7 Å². The Bertz CT molecular complexity index is 1300. The third kappa shape index (κ3) is 3.99. The second-order valence-corrected chi connectivity index (χ2v) is 8.33. The van der Waals surface area contributed by atoms with Gasteiger partial charge in [0.05, 0.1) is 38.6 Å². The van der Waals surface area contributed by atoms with Crippen molar-refractivity contribution in [3.63, 3.8) is 0 Å². The number of nitrogens with one attached hydrogen (secondary N) is 2. The Kier molecular flexibility index (Phi) is 6.15. The van der Waals surface area contributed by atoms with E-state index in [4.69, 9.17) is 39.5 Å². The molecule has 0 bridgehead atoms. The molecular formula is C20H14Cl3N5O2S. The molecule has 158 valence electrons. The molecule has 0 fully saturated rings. The number of halogens is 3. The van der Waals surface area contributed by atoms with Gasteiger partial charge in [-0.1, -0.05) is 40.9 Å². The van der Waals surface area contributed by atoms with Crippen LogP contribution in [-0.4, -0.2) is 28.0 Å². The molecule has 0 radical (unpaired) electrons. The fraction of sp³-hybridized carbons (Fsp3) is 0.100. The minimum absolute atomic E-state index is 0.114. The summed E-state index contributed by atoms with van der Waals surface area (Å²) < 4.78 is 5.97. The first-order valence-corrected chi connectivity index (χ1v) is 10.9. The molecule has 0 aliphatic heterocycles. The van der Waals surface area contributed by atoms with Gasteiger partial charge in [0.2, 0.25) is 0 Å². The molecule has 0 saturated carbocycles. The number of hydrogen-bond donors (Lipinski definition) is 2. The second-order valence-electron chi connectivity index (χ2n) is 6.32. The summed E-state index contributed by atoms with van der Waals surface area (Å²) in [4.78, 5) is 25.9. The molecule has 3 aromatic heterocycles. The molecule has 4 rings (SSSR count). The molecule has 2 N–H and O–H groups in total. The van der Waals surface area contributed by atoms with Gasteiger partial charge >= 0.3 is 0 Å². The van der Waals surface area contributed by atoms with Gasteiger partial charge in [-0.05, 0) is 24.6 Å². The molecule has 11 heteroatoms. The zero-order valence-corrected chi connectivity index (χ0v) is 19.2. The van der Waals surface area contributed by atoms with Crippen molar-refractivity contribution in [2.24, 2.45) is 0 Å². The Morgan fingerprint density at radius 2 is 1.90 bits per heavy atom. The molecule has 0 aliphatic carbocycles. The summed E-state index contributed by atoms with van der Waals surface area (Å²) in [6, 6.07) is 5.49. The van der Waals surface area contributed by atoms with Gasteiger partial charge in [0.25, 0.3) is 5.91 Å². The molecule has 4 aromatic rings. The maximum atomic E-state index is 13.1. The van der Waals surface area contributed by atoms with E-state index in [1.165, 1.54) is 24.8 Å². The summed E-state index contributed by atoms with van der Waals surface area (Å²) in [5, 5.41) is 8.22. The van der Waals surface area contributed by atoms with Gasteiger partial charge in [0, 0.05) is 11.6 Å². The van der Waals surface area contributed by atoms with Gasteiger partial charge in [0.1, 0.15) is 17.2 Å². The molecule has 0 spiro atoms. The number of aromatic nitrogens is 3. The topological polar surface area (TPSA) is 89.0 Å². The summed E-state index contributed by atoms with van der Waals surface area (Å²) in [5.74, 6) is 0.984. The fourth-order valence-electron chi connectivity index (χ4n) is 2.89. The smallest absolute Gasteiger partial charge is 0.258 e. The van der Waals surface area contributed by atoms with E-state index in [2.05, 4.69) is 25.6 Å². The maximum Gasteiger partial charge on any atom is 0.258 e. The Hall–Kier alpha value is -2.65. The lowest BCUT2D eigenvalue weighted by Gasteiger charge is -2.16. The van der Waals surface area contributed by atoms with Crippen LogP contribution in [0.3, 0.4) is 0 Å². The van der Waals surface area contributed by atoms with Gasteiger partial charge < -0.3 is 15.4 Å². The van der Waals surface area contributed by atoms with Crippen LogP contribution in [0.1, 0.15) is 15.9 Å². The summed E-state index contributed by atoms with van der Waals surface area (Å²) in [7, 11) is 1.44. The quantitative estimate of drug-likeness (QED) is 0.335. The van der Waals surface area contributed by atoms with Crippen LogP contribution in [0.5, 0.6) is 5.75 Å². The lowest BCUT2D eigenvalue weighted by atomic mass is 10.2. The van der Waals surface area contributed by atoms with Crippen LogP contribution in [0, 0.1) is 6.92 Å². The molecule has 0 atom stereocenters. The van der Waals surface area contributed by atoms with Crippen LogP contribution in [-0.2, 0) is 0 Å². The normalized spacial score (nSPS) is 10.9. The number of thiophene rings is 1. The van der Waals surface area contributed by atoms with Gasteiger partial charge in [0.15, 0.2) is 11.6 Å². The van der Waals surface area contributed by atoms with Gasteiger partial charge in [-0.3, -0.25) is 4.79 Å². The van der Waals surface area contributed by atoms with Crippen molar-refractivity contribution in [2.45, 2.75) is 6.92 Å². The minimum atomic E-state index is -0.429.